The third-order valence-electron chi connectivity index (χ3n) is 4.41. The highest BCUT2D eigenvalue weighted by molar-refractivity contribution is 7.92. The highest BCUT2D eigenvalue weighted by atomic mass is 32.2. The quantitative estimate of drug-likeness (QED) is 0.651. The molecule has 1 fully saturated rings. The molecule has 1 saturated heterocycles. The lowest BCUT2D eigenvalue weighted by Gasteiger charge is -2.27. The van der Waals surface area contributed by atoms with Gasteiger partial charge in [0.05, 0.1) is 47.5 Å². The Morgan fingerprint density at radius 2 is 1.93 bits per heavy atom. The number of aromatic nitrogens is 2. The average molecular weight is 384 g/mol. The van der Waals surface area contributed by atoms with Gasteiger partial charge in [-0.2, -0.15) is 0 Å². The van der Waals surface area contributed by atoms with E-state index < -0.39 is 17.3 Å². The van der Waals surface area contributed by atoms with Crippen molar-refractivity contribution in [2.75, 3.05) is 41.9 Å². The molecule has 3 aromatic rings. The third-order valence-corrected chi connectivity index (χ3v) is 5.11. The topological polar surface area (TPSA) is 93.6 Å². The van der Waals surface area contributed by atoms with E-state index in [0.29, 0.717) is 18.9 Å². The van der Waals surface area contributed by atoms with Crippen molar-refractivity contribution in [1.29, 1.82) is 0 Å². The summed E-state index contributed by atoms with van der Waals surface area (Å²) in [4.78, 5) is 11.5. The van der Waals surface area contributed by atoms with Crippen LogP contribution in [0.25, 0.3) is 22.2 Å². The van der Waals surface area contributed by atoms with Gasteiger partial charge in [-0.05, 0) is 35.4 Å². The molecule has 2 aromatic carbocycles. The van der Waals surface area contributed by atoms with E-state index in [2.05, 4.69) is 14.6 Å². The van der Waals surface area contributed by atoms with Crippen molar-refractivity contribution < 1.29 is 14.4 Å². The van der Waals surface area contributed by atoms with Gasteiger partial charge in [-0.1, -0.05) is 18.2 Å². The molecule has 4 rings (SSSR count). The number of nitrogens with zero attached hydrogens (tertiary/aromatic N) is 3. The molecule has 0 bridgehead atoms. The van der Waals surface area contributed by atoms with Crippen LogP contribution in [0.4, 0.5) is 11.5 Å². The molecule has 27 heavy (non-hydrogen) atoms. The molecule has 1 aliphatic heterocycles. The Balaban J connectivity index is 1.65. The molecular weight excluding hydrogens is 364 g/mol. The first-order valence-corrected chi connectivity index (χ1v) is 10.0. The van der Waals surface area contributed by atoms with Crippen LogP contribution in [-0.4, -0.2) is 51.9 Å². The number of anilines is 2. The van der Waals surface area contributed by atoms with Crippen molar-refractivity contribution in [1.82, 2.24) is 9.97 Å². The molecule has 7 nitrogen and oxygen atoms in total. The molecule has 2 heterocycles. The number of hydrogen-bond acceptors (Lipinski definition) is 7. The fraction of sp³-hybridized carbons (Fsp3) is 0.263. The summed E-state index contributed by atoms with van der Waals surface area (Å²) >= 11 is -1.50. The van der Waals surface area contributed by atoms with Gasteiger partial charge in [-0.15, -0.1) is 0 Å². The van der Waals surface area contributed by atoms with Gasteiger partial charge in [-0.25, -0.2) is 9.71 Å². The smallest absolute Gasteiger partial charge is 0.228 e. The summed E-state index contributed by atoms with van der Waals surface area (Å²) in [6, 6.07) is 13.5. The first kappa shape index (κ1) is 18.0. The number of nitrogens with one attached hydrogen (secondary N) is 1. The second-order valence-electron chi connectivity index (χ2n) is 6.19. The Morgan fingerprint density at radius 3 is 2.74 bits per heavy atom. The second-order valence-corrected chi connectivity index (χ2v) is 7.34. The van der Waals surface area contributed by atoms with E-state index in [-0.39, 0.29) is 0 Å². The van der Waals surface area contributed by atoms with Crippen molar-refractivity contribution in [3.63, 3.8) is 0 Å². The zero-order valence-corrected chi connectivity index (χ0v) is 15.5. The lowest BCUT2D eigenvalue weighted by atomic mass is 10.0. The molecule has 0 amide bonds. The number of morpholine rings is 1. The Morgan fingerprint density at radius 1 is 1.11 bits per heavy atom. The molecule has 140 valence electrons. The molecule has 8 heteroatoms. The Bertz CT molecular complexity index is 934. The van der Waals surface area contributed by atoms with Crippen LogP contribution in [0.2, 0.25) is 0 Å². The number of aliphatic hydroxyl groups excluding tert-OH is 1. The molecule has 0 radical (unpaired) electrons. The maximum Gasteiger partial charge on any atom is 0.228 e. The van der Waals surface area contributed by atoms with Crippen LogP contribution in [-0.2, 0) is 16.1 Å². The van der Waals surface area contributed by atoms with Crippen LogP contribution in [0, 0.1) is 0 Å². The van der Waals surface area contributed by atoms with Crippen LogP contribution < -0.4 is 9.62 Å². The van der Waals surface area contributed by atoms with Gasteiger partial charge >= 0.3 is 0 Å². The van der Waals surface area contributed by atoms with Crippen LogP contribution in [0.3, 0.4) is 0 Å². The van der Waals surface area contributed by atoms with Gasteiger partial charge < -0.3 is 19.3 Å². The predicted octanol–water partition coefficient (Wildman–Crippen LogP) is 2.16. The predicted molar refractivity (Wildman–Crippen MR) is 107 cm³/mol. The Kier molecular flexibility index (Phi) is 5.40. The van der Waals surface area contributed by atoms with Gasteiger partial charge in [0.25, 0.3) is 0 Å². The van der Waals surface area contributed by atoms with E-state index in [9.17, 15) is 4.55 Å². The first-order valence-electron chi connectivity index (χ1n) is 8.69. The van der Waals surface area contributed by atoms with Gasteiger partial charge in [-0.3, -0.25) is 4.98 Å². The first-order chi connectivity index (χ1) is 13.2. The van der Waals surface area contributed by atoms with E-state index >= 15 is 0 Å². The minimum Gasteiger partial charge on any atom is -0.591 e. The highest BCUT2D eigenvalue weighted by Gasteiger charge is 2.14. The van der Waals surface area contributed by atoms with Crippen molar-refractivity contribution in [2.45, 2.75) is 0 Å². The van der Waals surface area contributed by atoms with Gasteiger partial charge in [0.1, 0.15) is 5.82 Å². The molecule has 0 aliphatic carbocycles. The zero-order chi connectivity index (χ0) is 18.6. The molecule has 1 atom stereocenters. The minimum absolute atomic E-state index is 0.430. The van der Waals surface area contributed by atoms with Crippen molar-refractivity contribution in [3.8, 4) is 11.1 Å². The molecule has 1 aliphatic rings. The molecule has 0 saturated carbocycles. The normalized spacial score (nSPS) is 15.7. The van der Waals surface area contributed by atoms with Gasteiger partial charge in [0, 0.05) is 13.1 Å². The molecule has 0 spiro atoms. The molecule has 1 unspecified atom stereocenters. The van der Waals surface area contributed by atoms with E-state index in [1.165, 1.54) is 0 Å². The standard InChI is InChI=1S/C19H20N4O3S/c24-13-27(25)22-16-3-1-2-14(10-16)15-4-5-17-18(11-15)21-19(12-20-17)23-6-8-26-9-7-23/h1-5,10-12,22,24H,6-9,13H2. The summed E-state index contributed by atoms with van der Waals surface area (Å²) in [6.07, 6.45) is 1.81. The number of ether oxygens (including phenoxy) is 1. The Hall–Kier alpha value is -2.39. The second kappa shape index (κ2) is 8.10. The van der Waals surface area contributed by atoms with E-state index in [1.807, 2.05) is 48.7 Å². The lowest BCUT2D eigenvalue weighted by molar-refractivity contribution is 0.122. The summed E-state index contributed by atoms with van der Waals surface area (Å²) in [6.45, 7) is 3.04. The number of aliphatic hydroxyl groups is 1. The van der Waals surface area contributed by atoms with Gasteiger partial charge in [0.15, 0.2) is 0 Å². The van der Waals surface area contributed by atoms with Crippen LogP contribution in [0.5, 0.6) is 0 Å². The van der Waals surface area contributed by atoms with Crippen LogP contribution >= 0.6 is 0 Å². The van der Waals surface area contributed by atoms with Crippen molar-refractivity contribution in [2.24, 2.45) is 0 Å². The van der Waals surface area contributed by atoms with E-state index in [1.54, 1.807) is 0 Å². The number of fused-ring (bicyclic) bond motifs is 1. The largest absolute Gasteiger partial charge is 0.591 e. The summed E-state index contributed by atoms with van der Waals surface area (Å²) < 4.78 is 19.7. The number of benzene rings is 2. The van der Waals surface area contributed by atoms with Gasteiger partial charge in [0.2, 0.25) is 5.94 Å². The zero-order valence-electron chi connectivity index (χ0n) is 14.7. The highest BCUT2D eigenvalue weighted by Crippen LogP contribution is 2.26. The molecule has 2 N–H and O–H groups in total. The van der Waals surface area contributed by atoms with Crippen molar-refractivity contribution >= 4 is 33.9 Å². The summed E-state index contributed by atoms with van der Waals surface area (Å²) in [7, 11) is 0. The maximum absolute atomic E-state index is 11.5. The SMILES string of the molecule is [O-][S+](CO)Nc1cccc(-c2ccc3ncc(N4CCOCC4)nc3c2)c1. The Labute approximate surface area is 160 Å². The van der Waals surface area contributed by atoms with Crippen LogP contribution in [0.1, 0.15) is 0 Å². The molecule has 1 aromatic heterocycles. The molecular formula is C19H20N4O3S. The average Bonchev–Trinajstić information content (AvgIpc) is 2.73. The summed E-state index contributed by atoms with van der Waals surface area (Å²) in [5, 5.41) is 8.94. The third kappa shape index (κ3) is 4.14. The minimum atomic E-state index is -1.50. The van der Waals surface area contributed by atoms with E-state index in [0.717, 1.165) is 41.1 Å². The number of rotatable bonds is 5. The fourth-order valence-electron chi connectivity index (χ4n) is 3.05. The van der Waals surface area contributed by atoms with Crippen LogP contribution in [0.15, 0.2) is 48.7 Å². The number of hydrogen-bond donors (Lipinski definition) is 2. The maximum atomic E-state index is 11.5. The monoisotopic (exact) mass is 384 g/mol. The summed E-state index contributed by atoms with van der Waals surface area (Å²) in [5.41, 5.74) is 4.32. The lowest BCUT2D eigenvalue weighted by Crippen LogP contribution is -2.36. The van der Waals surface area contributed by atoms with E-state index in [4.69, 9.17) is 14.8 Å². The summed E-state index contributed by atoms with van der Waals surface area (Å²) in [5.74, 6) is 0.428. The van der Waals surface area contributed by atoms with Crippen molar-refractivity contribution in [3.05, 3.63) is 48.7 Å². The fourth-order valence-corrected chi connectivity index (χ4v) is 3.51.